The van der Waals surface area contributed by atoms with E-state index < -0.39 is 0 Å². The summed E-state index contributed by atoms with van der Waals surface area (Å²) >= 11 is 1.58. The molecule has 2 amide bonds. The van der Waals surface area contributed by atoms with Gasteiger partial charge in [-0.15, -0.1) is 11.3 Å². The van der Waals surface area contributed by atoms with E-state index in [2.05, 4.69) is 22.4 Å². The molecule has 1 N–H and O–H groups in total. The minimum atomic E-state index is -0.0647. The second kappa shape index (κ2) is 6.49. The fourth-order valence-electron chi connectivity index (χ4n) is 2.85. The molecule has 0 unspecified atom stereocenters. The number of oxazole rings is 1. The average molecular weight is 339 g/mol. The summed E-state index contributed by atoms with van der Waals surface area (Å²) in [7, 11) is 0. The van der Waals surface area contributed by atoms with Gasteiger partial charge in [-0.2, -0.15) is 0 Å². The van der Waals surface area contributed by atoms with E-state index in [1.165, 1.54) is 11.1 Å². The minimum Gasteiger partial charge on any atom is -0.443 e. The van der Waals surface area contributed by atoms with E-state index in [1.54, 1.807) is 17.6 Å². The van der Waals surface area contributed by atoms with Crippen molar-refractivity contribution in [2.45, 2.75) is 19.5 Å². The number of carbonyl (C=O) groups is 1. The Morgan fingerprint density at radius 3 is 2.96 bits per heavy atom. The van der Waals surface area contributed by atoms with Crippen LogP contribution in [0.4, 0.5) is 4.79 Å². The number of hydrogen-bond acceptors (Lipinski definition) is 4. The normalized spacial score (nSPS) is 13.6. The van der Waals surface area contributed by atoms with Crippen LogP contribution >= 0.6 is 11.3 Å². The lowest BCUT2D eigenvalue weighted by Gasteiger charge is -2.28. The molecule has 0 spiro atoms. The maximum absolute atomic E-state index is 12.4. The van der Waals surface area contributed by atoms with Crippen LogP contribution in [0.2, 0.25) is 0 Å². The van der Waals surface area contributed by atoms with Crippen molar-refractivity contribution in [3.8, 4) is 10.8 Å². The fourth-order valence-corrected chi connectivity index (χ4v) is 3.50. The molecular formula is C18H17N3O2S. The highest BCUT2D eigenvalue weighted by molar-refractivity contribution is 7.13. The van der Waals surface area contributed by atoms with Gasteiger partial charge in [-0.25, -0.2) is 9.78 Å². The average Bonchev–Trinajstić information content (AvgIpc) is 3.30. The smallest absolute Gasteiger partial charge is 0.318 e. The van der Waals surface area contributed by atoms with Gasteiger partial charge in [0.05, 0.1) is 17.1 Å². The molecule has 3 heterocycles. The molecule has 4 rings (SSSR count). The summed E-state index contributed by atoms with van der Waals surface area (Å²) in [6.45, 7) is 1.76. The summed E-state index contributed by atoms with van der Waals surface area (Å²) in [4.78, 5) is 19.6. The summed E-state index contributed by atoms with van der Waals surface area (Å²) in [6.07, 6.45) is 2.50. The summed E-state index contributed by atoms with van der Waals surface area (Å²) in [6, 6.07) is 12.1. The van der Waals surface area contributed by atoms with Crippen LogP contribution in [-0.2, 0) is 19.5 Å². The number of benzene rings is 1. The largest absolute Gasteiger partial charge is 0.443 e. The molecule has 2 aromatic heterocycles. The van der Waals surface area contributed by atoms with Crippen LogP contribution in [0.15, 0.2) is 52.5 Å². The van der Waals surface area contributed by atoms with Gasteiger partial charge in [0.25, 0.3) is 0 Å². The molecule has 122 valence electrons. The Balaban J connectivity index is 1.36. The molecule has 0 saturated carbocycles. The molecule has 3 aromatic rings. The molecule has 1 aromatic carbocycles. The van der Waals surface area contributed by atoms with Crippen LogP contribution in [0.25, 0.3) is 10.8 Å². The molecule has 0 saturated heterocycles. The molecule has 0 fully saturated rings. The molecule has 6 heteroatoms. The number of urea groups is 1. The Morgan fingerprint density at radius 2 is 2.12 bits per heavy atom. The third-order valence-electron chi connectivity index (χ3n) is 4.12. The van der Waals surface area contributed by atoms with E-state index in [0.29, 0.717) is 19.0 Å². The molecule has 24 heavy (non-hydrogen) atoms. The second-order valence-electron chi connectivity index (χ2n) is 5.72. The Kier molecular flexibility index (Phi) is 4.04. The number of carbonyl (C=O) groups excluding carboxylic acids is 1. The monoisotopic (exact) mass is 339 g/mol. The molecule has 0 atom stereocenters. The van der Waals surface area contributed by atoms with E-state index in [0.717, 1.165) is 23.5 Å². The molecule has 5 nitrogen and oxygen atoms in total. The van der Waals surface area contributed by atoms with Crippen LogP contribution in [0.1, 0.15) is 16.8 Å². The van der Waals surface area contributed by atoms with Crippen LogP contribution < -0.4 is 5.32 Å². The van der Waals surface area contributed by atoms with E-state index >= 15 is 0 Å². The molecule has 1 aliphatic heterocycles. The molecule has 1 aliphatic rings. The number of nitrogens with one attached hydrogen (secondary N) is 1. The topological polar surface area (TPSA) is 58.4 Å². The highest BCUT2D eigenvalue weighted by atomic mass is 32.1. The number of rotatable bonds is 3. The van der Waals surface area contributed by atoms with Crippen molar-refractivity contribution < 1.29 is 9.21 Å². The standard InChI is InChI=1S/C18H17N3O2S/c22-18(21-8-7-13-4-1-2-5-14(13)11-21)19-10-15-12-23-17(20-15)16-6-3-9-24-16/h1-6,9,12H,7-8,10-11H2,(H,19,22). The Hall–Kier alpha value is -2.60. The van der Waals surface area contributed by atoms with Gasteiger partial charge >= 0.3 is 6.03 Å². The summed E-state index contributed by atoms with van der Waals surface area (Å²) < 4.78 is 5.47. The van der Waals surface area contributed by atoms with Crippen molar-refractivity contribution in [2.75, 3.05) is 6.54 Å². The first kappa shape index (κ1) is 15.0. The van der Waals surface area contributed by atoms with Gasteiger partial charge in [-0.1, -0.05) is 30.3 Å². The Labute approximate surface area is 143 Å². The van der Waals surface area contributed by atoms with Gasteiger partial charge < -0.3 is 14.6 Å². The van der Waals surface area contributed by atoms with Crippen molar-refractivity contribution in [3.63, 3.8) is 0 Å². The van der Waals surface area contributed by atoms with Gasteiger partial charge in [0.15, 0.2) is 0 Å². The zero-order valence-electron chi connectivity index (χ0n) is 13.1. The quantitative estimate of drug-likeness (QED) is 0.792. The third-order valence-corrected chi connectivity index (χ3v) is 4.98. The predicted molar refractivity (Wildman–Crippen MR) is 92.6 cm³/mol. The summed E-state index contributed by atoms with van der Waals surface area (Å²) in [5.41, 5.74) is 3.28. The molecular weight excluding hydrogens is 322 g/mol. The van der Waals surface area contributed by atoms with Crippen molar-refractivity contribution in [2.24, 2.45) is 0 Å². The first-order chi connectivity index (χ1) is 11.8. The van der Waals surface area contributed by atoms with E-state index in [9.17, 15) is 4.79 Å². The van der Waals surface area contributed by atoms with E-state index in [-0.39, 0.29) is 6.03 Å². The zero-order valence-corrected chi connectivity index (χ0v) is 13.9. The van der Waals surface area contributed by atoms with E-state index in [4.69, 9.17) is 4.42 Å². The number of amides is 2. The molecule has 0 aliphatic carbocycles. The Morgan fingerprint density at radius 1 is 1.25 bits per heavy atom. The lowest BCUT2D eigenvalue weighted by Crippen LogP contribution is -2.42. The first-order valence-corrected chi connectivity index (χ1v) is 8.75. The Bertz CT molecular complexity index is 842. The van der Waals surface area contributed by atoms with Crippen LogP contribution in [0.5, 0.6) is 0 Å². The van der Waals surface area contributed by atoms with Gasteiger partial charge in [-0.05, 0) is 29.0 Å². The minimum absolute atomic E-state index is 0.0647. The summed E-state index contributed by atoms with van der Waals surface area (Å²) in [5, 5.41) is 4.91. The van der Waals surface area contributed by atoms with Crippen LogP contribution in [-0.4, -0.2) is 22.5 Å². The number of fused-ring (bicyclic) bond motifs is 1. The van der Waals surface area contributed by atoms with Crippen molar-refractivity contribution in [1.82, 2.24) is 15.2 Å². The van der Waals surface area contributed by atoms with Crippen LogP contribution in [0, 0.1) is 0 Å². The van der Waals surface area contributed by atoms with Gasteiger partial charge in [0.2, 0.25) is 5.89 Å². The number of aromatic nitrogens is 1. The number of nitrogens with zero attached hydrogens (tertiary/aromatic N) is 2. The zero-order chi connectivity index (χ0) is 16.4. The van der Waals surface area contributed by atoms with Gasteiger partial charge in [0, 0.05) is 13.1 Å². The maximum Gasteiger partial charge on any atom is 0.318 e. The summed E-state index contributed by atoms with van der Waals surface area (Å²) in [5.74, 6) is 0.598. The van der Waals surface area contributed by atoms with E-state index in [1.807, 2.05) is 34.5 Å². The first-order valence-electron chi connectivity index (χ1n) is 7.87. The number of hydrogen-bond donors (Lipinski definition) is 1. The molecule has 0 bridgehead atoms. The molecule has 0 radical (unpaired) electrons. The fraction of sp³-hybridized carbons (Fsp3) is 0.222. The third kappa shape index (κ3) is 3.05. The van der Waals surface area contributed by atoms with Gasteiger partial charge in [-0.3, -0.25) is 0 Å². The van der Waals surface area contributed by atoms with Crippen molar-refractivity contribution in [3.05, 3.63) is 64.9 Å². The highest BCUT2D eigenvalue weighted by Crippen LogP contribution is 2.23. The SMILES string of the molecule is O=C(NCc1coc(-c2cccs2)n1)N1CCc2ccccc2C1. The highest BCUT2D eigenvalue weighted by Gasteiger charge is 2.20. The maximum atomic E-state index is 12.4. The predicted octanol–water partition coefficient (Wildman–Crippen LogP) is 3.67. The van der Waals surface area contributed by atoms with Gasteiger partial charge in [0.1, 0.15) is 6.26 Å². The lowest BCUT2D eigenvalue weighted by atomic mass is 10.0. The van der Waals surface area contributed by atoms with Crippen LogP contribution in [0.3, 0.4) is 0 Å². The second-order valence-corrected chi connectivity index (χ2v) is 6.67. The lowest BCUT2D eigenvalue weighted by molar-refractivity contribution is 0.192. The van der Waals surface area contributed by atoms with Crippen molar-refractivity contribution >= 4 is 17.4 Å². The van der Waals surface area contributed by atoms with Crippen molar-refractivity contribution in [1.29, 1.82) is 0 Å². The number of thiophene rings is 1.